The summed E-state index contributed by atoms with van der Waals surface area (Å²) < 4.78 is 32.3. The number of anilines is 1. The largest absolute Gasteiger partial charge is 0.521 e. The number of methoxy groups -OCH3 is 2. The predicted molar refractivity (Wildman–Crippen MR) is 130 cm³/mol. The van der Waals surface area contributed by atoms with Crippen molar-refractivity contribution in [3.8, 4) is 23.0 Å². The Labute approximate surface area is 210 Å². The average Bonchev–Trinajstić information content (AvgIpc) is 2.89. The van der Waals surface area contributed by atoms with Gasteiger partial charge in [0.1, 0.15) is 19.3 Å². The Hall–Kier alpha value is -4.87. The van der Waals surface area contributed by atoms with E-state index in [1.54, 1.807) is 18.2 Å². The SMILES string of the molecule is C=CCN1C(=O)C(C(=O)Nc2ccc(Oc3ccnc4cc(OC)c(OC)cc34)c(F)c2)N=[N+](C)C1=O. The van der Waals surface area contributed by atoms with Crippen molar-refractivity contribution in [3.05, 3.63) is 61.1 Å². The summed E-state index contributed by atoms with van der Waals surface area (Å²) in [5, 5.41) is 6.84. The summed E-state index contributed by atoms with van der Waals surface area (Å²) in [5.41, 5.74) is 0.618. The molecule has 0 spiro atoms. The molecule has 37 heavy (non-hydrogen) atoms. The third kappa shape index (κ3) is 4.94. The number of ether oxygens (including phenoxy) is 3. The molecule has 1 atom stereocenters. The lowest BCUT2D eigenvalue weighted by Crippen LogP contribution is -2.53. The molecular weight excluding hydrogens is 485 g/mol. The number of urea groups is 1. The van der Waals surface area contributed by atoms with Crippen LogP contribution in [0.3, 0.4) is 0 Å². The van der Waals surface area contributed by atoms with Crippen LogP contribution in [0.15, 0.2) is 60.4 Å². The number of amides is 4. The quantitative estimate of drug-likeness (QED) is 0.279. The molecule has 0 aliphatic carbocycles. The van der Waals surface area contributed by atoms with Crippen molar-refractivity contribution in [1.29, 1.82) is 0 Å². The van der Waals surface area contributed by atoms with Crippen LogP contribution in [0, 0.1) is 5.82 Å². The molecule has 0 radical (unpaired) electrons. The van der Waals surface area contributed by atoms with Gasteiger partial charge in [-0.3, -0.25) is 9.78 Å². The number of pyridine rings is 1. The zero-order valence-electron chi connectivity index (χ0n) is 20.2. The Morgan fingerprint density at radius 2 is 1.86 bits per heavy atom. The molecule has 0 saturated heterocycles. The van der Waals surface area contributed by atoms with Crippen molar-refractivity contribution in [3.63, 3.8) is 0 Å². The maximum atomic E-state index is 14.9. The van der Waals surface area contributed by atoms with Crippen LogP contribution < -0.4 is 19.5 Å². The second-order valence-electron chi connectivity index (χ2n) is 7.83. The van der Waals surface area contributed by atoms with Crippen LogP contribution in [0.5, 0.6) is 23.0 Å². The summed E-state index contributed by atoms with van der Waals surface area (Å²) >= 11 is 0. The number of carbonyl (C=O) groups is 3. The van der Waals surface area contributed by atoms with E-state index < -0.39 is 29.7 Å². The molecule has 2 heterocycles. The van der Waals surface area contributed by atoms with Gasteiger partial charge < -0.3 is 19.5 Å². The van der Waals surface area contributed by atoms with E-state index in [-0.39, 0.29) is 18.0 Å². The molecule has 2 aromatic carbocycles. The monoisotopic (exact) mass is 508 g/mol. The van der Waals surface area contributed by atoms with E-state index >= 15 is 0 Å². The molecule has 3 aromatic rings. The van der Waals surface area contributed by atoms with E-state index in [0.29, 0.717) is 28.2 Å². The first-order chi connectivity index (χ1) is 17.8. The number of fused-ring (bicyclic) bond motifs is 1. The minimum absolute atomic E-state index is 0.0682. The predicted octanol–water partition coefficient (Wildman–Crippen LogP) is 3.73. The normalized spacial score (nSPS) is 15.3. The van der Waals surface area contributed by atoms with Crippen LogP contribution in [-0.2, 0) is 9.59 Å². The number of nitrogens with zero attached hydrogens (tertiary/aromatic N) is 4. The maximum Gasteiger partial charge on any atom is 0.521 e. The molecule has 0 bridgehead atoms. The second-order valence-corrected chi connectivity index (χ2v) is 7.83. The van der Waals surface area contributed by atoms with Gasteiger partial charge in [0, 0.05) is 29.4 Å². The Morgan fingerprint density at radius 1 is 1.14 bits per heavy atom. The molecule has 1 aromatic heterocycles. The number of nitrogens with one attached hydrogen (secondary N) is 1. The highest BCUT2D eigenvalue weighted by molar-refractivity contribution is 6.13. The minimum Gasteiger partial charge on any atom is -0.493 e. The van der Waals surface area contributed by atoms with Gasteiger partial charge in [-0.25, -0.2) is 9.18 Å². The smallest absolute Gasteiger partial charge is 0.493 e. The molecule has 11 nitrogen and oxygen atoms in total. The fourth-order valence-corrected chi connectivity index (χ4v) is 3.68. The lowest BCUT2D eigenvalue weighted by molar-refractivity contribution is -0.481. The number of azo groups is 2. The van der Waals surface area contributed by atoms with Gasteiger partial charge in [0.25, 0.3) is 11.9 Å². The van der Waals surface area contributed by atoms with Gasteiger partial charge in [-0.1, -0.05) is 17.8 Å². The summed E-state index contributed by atoms with van der Waals surface area (Å²) in [4.78, 5) is 42.6. The first-order valence-electron chi connectivity index (χ1n) is 11.0. The van der Waals surface area contributed by atoms with Crippen LogP contribution in [0.25, 0.3) is 10.9 Å². The lowest BCUT2D eigenvalue weighted by Gasteiger charge is -2.19. The third-order valence-electron chi connectivity index (χ3n) is 5.48. The standard InChI is InChI=1S/C25H22FN5O6/c1-5-10-31-24(33)22(29-30(2)25(31)34)23(32)28-14-6-7-19(16(26)11-14)37-18-8-9-27-17-13-21(36-4)20(35-3)12-15(17)18/h5-9,11-13,22H,1,10H2,2-4H3/p+1. The van der Waals surface area contributed by atoms with E-state index in [0.717, 1.165) is 15.7 Å². The molecule has 12 heteroatoms. The number of hydrogen-bond acceptors (Lipinski definition) is 8. The number of aromatic nitrogens is 1. The van der Waals surface area contributed by atoms with Crippen LogP contribution in [0.4, 0.5) is 14.9 Å². The molecule has 4 rings (SSSR count). The summed E-state index contributed by atoms with van der Waals surface area (Å²) in [6, 6.07) is 6.51. The van der Waals surface area contributed by atoms with Gasteiger partial charge in [0.2, 0.25) is 0 Å². The highest BCUT2D eigenvalue weighted by Crippen LogP contribution is 2.37. The molecule has 1 aliphatic heterocycles. The van der Waals surface area contributed by atoms with Crippen molar-refractivity contribution in [2.24, 2.45) is 5.11 Å². The van der Waals surface area contributed by atoms with Crippen LogP contribution in [0.2, 0.25) is 0 Å². The average molecular weight is 508 g/mol. The van der Waals surface area contributed by atoms with Crippen LogP contribution in [0.1, 0.15) is 0 Å². The molecule has 1 unspecified atom stereocenters. The first kappa shape index (κ1) is 25.2. The van der Waals surface area contributed by atoms with Gasteiger partial charge in [0.15, 0.2) is 23.1 Å². The van der Waals surface area contributed by atoms with E-state index in [1.165, 1.54) is 45.7 Å². The Bertz CT molecular complexity index is 1460. The Kier molecular flexibility index (Phi) is 7.09. The van der Waals surface area contributed by atoms with Crippen molar-refractivity contribution in [2.45, 2.75) is 6.04 Å². The summed E-state index contributed by atoms with van der Waals surface area (Å²) in [6.07, 6.45) is 2.87. The zero-order valence-corrected chi connectivity index (χ0v) is 20.2. The number of benzene rings is 2. The van der Waals surface area contributed by atoms with Crippen LogP contribution >= 0.6 is 0 Å². The van der Waals surface area contributed by atoms with Crippen molar-refractivity contribution < 1.29 is 37.7 Å². The van der Waals surface area contributed by atoms with E-state index in [2.05, 4.69) is 22.0 Å². The van der Waals surface area contributed by atoms with Gasteiger partial charge in [-0.2, -0.15) is 9.69 Å². The molecule has 0 fully saturated rings. The van der Waals surface area contributed by atoms with Crippen molar-refractivity contribution >= 4 is 34.4 Å². The van der Waals surface area contributed by atoms with E-state index in [9.17, 15) is 18.8 Å². The number of rotatable bonds is 8. The maximum absolute atomic E-state index is 14.9. The lowest BCUT2D eigenvalue weighted by atomic mass is 10.1. The van der Waals surface area contributed by atoms with Gasteiger partial charge >= 0.3 is 11.9 Å². The summed E-state index contributed by atoms with van der Waals surface area (Å²) in [6.45, 7) is 3.42. The number of imide groups is 1. The Balaban J connectivity index is 1.55. The van der Waals surface area contributed by atoms with Crippen molar-refractivity contribution in [1.82, 2.24) is 9.88 Å². The molecule has 0 saturated carbocycles. The van der Waals surface area contributed by atoms with Gasteiger partial charge in [-0.05, 0) is 24.3 Å². The fraction of sp³-hybridized carbons (Fsp3) is 0.200. The van der Waals surface area contributed by atoms with E-state index in [1.807, 2.05) is 0 Å². The highest BCUT2D eigenvalue weighted by Gasteiger charge is 2.46. The molecule has 1 aliphatic rings. The topological polar surface area (TPSA) is 122 Å². The fourth-order valence-electron chi connectivity index (χ4n) is 3.68. The number of hydrogen-bond donors (Lipinski definition) is 1. The van der Waals surface area contributed by atoms with Gasteiger partial charge in [-0.15, -0.1) is 4.70 Å². The summed E-state index contributed by atoms with van der Waals surface area (Å²) in [7, 11) is 4.33. The molecule has 1 N–H and O–H groups in total. The Morgan fingerprint density at radius 3 is 2.54 bits per heavy atom. The van der Waals surface area contributed by atoms with E-state index in [4.69, 9.17) is 14.2 Å². The minimum atomic E-state index is -1.52. The first-order valence-corrected chi connectivity index (χ1v) is 11.0. The molecule has 4 amide bonds. The highest BCUT2D eigenvalue weighted by atomic mass is 19.1. The van der Waals surface area contributed by atoms with Crippen molar-refractivity contribution in [2.75, 3.05) is 33.1 Å². The van der Waals surface area contributed by atoms with Crippen LogP contribution in [-0.4, -0.2) is 66.3 Å². The van der Waals surface area contributed by atoms with Gasteiger partial charge in [0.05, 0.1) is 19.7 Å². The zero-order chi connectivity index (χ0) is 26.7. The second kappa shape index (κ2) is 10.4. The third-order valence-corrected chi connectivity index (χ3v) is 5.48. The molecular formula is C25H23FN5O6+. The molecule has 190 valence electrons. The number of carbonyl (C=O) groups excluding carboxylic acids is 3. The number of halogens is 1. The summed E-state index contributed by atoms with van der Waals surface area (Å²) in [5.74, 6) is -1.25.